The van der Waals surface area contributed by atoms with Crippen molar-refractivity contribution < 1.29 is 8.42 Å². The quantitative estimate of drug-likeness (QED) is 0.412. The van der Waals surface area contributed by atoms with Crippen LogP contribution in [0.5, 0.6) is 0 Å². The van der Waals surface area contributed by atoms with Gasteiger partial charge < -0.3 is 0 Å². The highest BCUT2D eigenvalue weighted by molar-refractivity contribution is 7.92. The largest absolute Gasteiger partial charge is 0.295 e. The van der Waals surface area contributed by atoms with E-state index in [2.05, 4.69) is 4.90 Å². The molecule has 0 atom stereocenters. The zero-order chi connectivity index (χ0) is 23.5. The van der Waals surface area contributed by atoms with Gasteiger partial charge in [-0.25, -0.2) is 13.4 Å². The Bertz CT molecular complexity index is 1470. The summed E-state index contributed by atoms with van der Waals surface area (Å²) < 4.78 is 28.5. The molecule has 0 radical (unpaired) electrons. The Balaban J connectivity index is 1.25. The minimum Gasteiger partial charge on any atom is -0.295 e. The fourth-order valence-electron chi connectivity index (χ4n) is 4.04. The minimum atomic E-state index is -3.48. The summed E-state index contributed by atoms with van der Waals surface area (Å²) >= 11 is 1.44. The Hall–Kier alpha value is -3.11. The highest BCUT2D eigenvalue weighted by atomic mass is 32.2. The number of benzene rings is 2. The van der Waals surface area contributed by atoms with Crippen LogP contribution in [0.1, 0.15) is 11.3 Å². The summed E-state index contributed by atoms with van der Waals surface area (Å²) in [6.07, 6.45) is 1.62. The van der Waals surface area contributed by atoms with Crippen LogP contribution in [0.2, 0.25) is 0 Å². The van der Waals surface area contributed by atoms with Gasteiger partial charge in [0.25, 0.3) is 5.56 Å². The first-order valence-electron chi connectivity index (χ1n) is 11.0. The van der Waals surface area contributed by atoms with Gasteiger partial charge in [-0.15, -0.1) is 11.3 Å². The Morgan fingerprint density at radius 2 is 1.62 bits per heavy atom. The molecule has 2 aromatic heterocycles. The topological polar surface area (TPSA) is 75.0 Å². The van der Waals surface area contributed by atoms with E-state index in [1.54, 1.807) is 16.5 Å². The Morgan fingerprint density at radius 3 is 2.32 bits per heavy atom. The molecule has 0 unspecified atom stereocenters. The van der Waals surface area contributed by atoms with E-state index in [1.807, 2.05) is 66.0 Å². The molecule has 5 rings (SSSR count). The second-order valence-electron chi connectivity index (χ2n) is 8.12. The van der Waals surface area contributed by atoms with Crippen LogP contribution in [0.15, 0.2) is 82.3 Å². The number of sulfonamides is 1. The normalized spacial score (nSPS) is 15.9. The van der Waals surface area contributed by atoms with E-state index in [4.69, 9.17) is 4.98 Å². The third-order valence-electron chi connectivity index (χ3n) is 5.84. The van der Waals surface area contributed by atoms with Gasteiger partial charge in [-0.05, 0) is 17.2 Å². The van der Waals surface area contributed by atoms with Crippen molar-refractivity contribution in [1.82, 2.24) is 18.6 Å². The smallest absolute Gasteiger partial charge is 0.259 e. The maximum atomic E-state index is 12.9. The first-order chi connectivity index (χ1) is 16.5. The molecule has 1 aliphatic heterocycles. The van der Waals surface area contributed by atoms with Crippen molar-refractivity contribution in [3.63, 3.8) is 0 Å². The highest BCUT2D eigenvalue weighted by Gasteiger charge is 2.25. The van der Waals surface area contributed by atoms with E-state index in [0.717, 1.165) is 16.8 Å². The molecule has 7 nitrogen and oxygen atoms in total. The summed E-state index contributed by atoms with van der Waals surface area (Å²) in [6.45, 7) is 2.48. The molecule has 0 spiro atoms. The number of hydrogen-bond acceptors (Lipinski definition) is 6. The third-order valence-corrected chi connectivity index (χ3v) is 8.23. The van der Waals surface area contributed by atoms with Crippen LogP contribution in [0.25, 0.3) is 22.3 Å². The van der Waals surface area contributed by atoms with Crippen LogP contribution in [-0.4, -0.2) is 53.2 Å². The van der Waals surface area contributed by atoms with Crippen molar-refractivity contribution in [3.05, 3.63) is 99.1 Å². The van der Waals surface area contributed by atoms with Crippen LogP contribution in [-0.2, 0) is 16.6 Å². The molecule has 0 aliphatic carbocycles. The lowest BCUT2D eigenvalue weighted by Crippen LogP contribution is -2.47. The summed E-state index contributed by atoms with van der Waals surface area (Å²) in [6, 6.07) is 20.8. The van der Waals surface area contributed by atoms with Crippen molar-refractivity contribution in [3.8, 4) is 11.3 Å². The van der Waals surface area contributed by atoms with E-state index < -0.39 is 10.0 Å². The molecular weight excluding hydrogens is 468 g/mol. The number of aromatic nitrogens is 2. The SMILES string of the molecule is O=c1cc(CN2CCN(S(=O)(=O)/C=C/c3ccccc3)CC2)nc2scc(-c3ccccc3)n12. The van der Waals surface area contributed by atoms with Crippen LogP contribution in [0.4, 0.5) is 0 Å². The average molecular weight is 493 g/mol. The summed E-state index contributed by atoms with van der Waals surface area (Å²) in [5, 5.41) is 3.23. The average Bonchev–Trinajstić information content (AvgIpc) is 3.29. The molecule has 9 heteroatoms. The molecule has 1 aliphatic rings. The maximum Gasteiger partial charge on any atom is 0.259 e. The summed E-state index contributed by atoms with van der Waals surface area (Å²) in [5.74, 6) is 0. The molecule has 0 saturated carbocycles. The van der Waals surface area contributed by atoms with Gasteiger partial charge in [0.15, 0.2) is 4.96 Å². The van der Waals surface area contributed by atoms with Crippen LogP contribution in [0, 0.1) is 0 Å². The van der Waals surface area contributed by atoms with Crippen molar-refractivity contribution in [2.45, 2.75) is 6.54 Å². The fraction of sp³-hybridized carbons (Fsp3) is 0.200. The van der Waals surface area contributed by atoms with E-state index in [9.17, 15) is 13.2 Å². The highest BCUT2D eigenvalue weighted by Crippen LogP contribution is 2.24. The lowest BCUT2D eigenvalue weighted by Gasteiger charge is -2.33. The Morgan fingerprint density at radius 1 is 0.941 bits per heavy atom. The molecule has 0 amide bonds. The standard InChI is InChI=1S/C25H24N4O3S2/c30-24-17-22(26-25-29(24)23(19-33-25)21-9-5-2-6-10-21)18-27-12-14-28(15-13-27)34(31,32)16-11-20-7-3-1-4-8-20/h1-11,16-17,19H,12-15,18H2/b16-11+. The van der Waals surface area contributed by atoms with Gasteiger partial charge in [0.05, 0.1) is 11.4 Å². The minimum absolute atomic E-state index is 0.104. The van der Waals surface area contributed by atoms with Gasteiger partial charge in [0, 0.05) is 49.6 Å². The predicted octanol–water partition coefficient (Wildman–Crippen LogP) is 3.54. The van der Waals surface area contributed by atoms with Crippen LogP contribution < -0.4 is 5.56 Å². The molecule has 0 bridgehead atoms. The van der Waals surface area contributed by atoms with E-state index in [-0.39, 0.29) is 5.56 Å². The zero-order valence-electron chi connectivity index (χ0n) is 18.4. The molecule has 0 N–H and O–H groups in total. The molecule has 174 valence electrons. The van der Waals surface area contributed by atoms with Crippen molar-refractivity contribution in [2.24, 2.45) is 0 Å². The molecular formula is C25H24N4O3S2. The number of hydrogen-bond donors (Lipinski definition) is 0. The van der Waals surface area contributed by atoms with Crippen LogP contribution in [0.3, 0.4) is 0 Å². The van der Waals surface area contributed by atoms with Crippen molar-refractivity contribution >= 4 is 32.4 Å². The van der Waals surface area contributed by atoms with Gasteiger partial charge in [0.2, 0.25) is 10.0 Å². The predicted molar refractivity (Wildman–Crippen MR) is 136 cm³/mol. The molecule has 1 saturated heterocycles. The van der Waals surface area contributed by atoms with E-state index in [0.29, 0.717) is 43.4 Å². The Kier molecular flexibility index (Phi) is 6.42. The van der Waals surface area contributed by atoms with Crippen LogP contribution >= 0.6 is 11.3 Å². The maximum absolute atomic E-state index is 12.9. The Labute approximate surface area is 202 Å². The summed E-state index contributed by atoms with van der Waals surface area (Å²) in [7, 11) is -3.48. The second-order valence-corrected chi connectivity index (χ2v) is 10.8. The van der Waals surface area contributed by atoms with Gasteiger partial charge >= 0.3 is 0 Å². The number of nitrogens with zero attached hydrogens (tertiary/aromatic N) is 4. The lowest BCUT2D eigenvalue weighted by molar-refractivity contribution is 0.181. The van der Waals surface area contributed by atoms with E-state index in [1.165, 1.54) is 21.1 Å². The first-order valence-corrected chi connectivity index (χ1v) is 13.4. The third kappa shape index (κ3) is 4.88. The zero-order valence-corrected chi connectivity index (χ0v) is 20.1. The van der Waals surface area contributed by atoms with Crippen molar-refractivity contribution in [2.75, 3.05) is 26.2 Å². The van der Waals surface area contributed by atoms with Crippen molar-refractivity contribution in [1.29, 1.82) is 0 Å². The number of fused-ring (bicyclic) bond motifs is 1. The van der Waals surface area contributed by atoms with Gasteiger partial charge in [-0.2, -0.15) is 4.31 Å². The number of thiazole rings is 1. The van der Waals surface area contributed by atoms with Gasteiger partial charge in [-0.3, -0.25) is 14.1 Å². The fourth-order valence-corrected chi connectivity index (χ4v) is 6.14. The first kappa shape index (κ1) is 22.7. The van der Waals surface area contributed by atoms with Gasteiger partial charge in [-0.1, -0.05) is 60.7 Å². The van der Waals surface area contributed by atoms with Gasteiger partial charge in [0.1, 0.15) is 0 Å². The molecule has 1 fully saturated rings. The molecule has 34 heavy (non-hydrogen) atoms. The lowest BCUT2D eigenvalue weighted by atomic mass is 10.2. The number of piperazine rings is 1. The second kappa shape index (κ2) is 9.63. The van der Waals surface area contributed by atoms with E-state index >= 15 is 0 Å². The number of rotatable bonds is 6. The summed E-state index contributed by atoms with van der Waals surface area (Å²) in [4.78, 5) is 20.4. The molecule has 2 aromatic carbocycles. The monoisotopic (exact) mass is 492 g/mol. The summed E-state index contributed by atoms with van der Waals surface area (Å²) in [5.41, 5.74) is 3.26. The molecule has 3 heterocycles. The molecule has 4 aromatic rings.